The zero-order valence-corrected chi connectivity index (χ0v) is 19.5. The molecule has 1 fully saturated rings. The van der Waals surface area contributed by atoms with Crippen molar-refractivity contribution in [2.24, 2.45) is 5.41 Å². The lowest BCUT2D eigenvalue weighted by molar-refractivity contribution is -0.133. The molecule has 2 aromatic carbocycles. The van der Waals surface area contributed by atoms with Crippen LogP contribution in [-0.4, -0.2) is 35.4 Å². The van der Waals surface area contributed by atoms with E-state index in [1.165, 1.54) is 16.7 Å². The first-order valence-electron chi connectivity index (χ1n) is 11.8. The molecule has 3 aromatic rings. The minimum Gasteiger partial charge on any atom is -0.352 e. The molecular weight excluding hydrogens is 406 g/mol. The molecule has 0 aliphatic carbocycles. The summed E-state index contributed by atoms with van der Waals surface area (Å²) in [5.41, 5.74) is 5.33. The van der Waals surface area contributed by atoms with E-state index in [2.05, 4.69) is 82.4 Å². The molecule has 0 bridgehead atoms. The van der Waals surface area contributed by atoms with Gasteiger partial charge in [-0.25, -0.2) is 0 Å². The molecule has 4 heteroatoms. The topological polar surface area (TPSA) is 45.2 Å². The maximum Gasteiger partial charge on any atom is 0.226 e. The van der Waals surface area contributed by atoms with Crippen LogP contribution in [0.2, 0.25) is 0 Å². The first kappa shape index (κ1) is 22.9. The number of hydrogen-bond acceptors (Lipinski definition) is 3. The summed E-state index contributed by atoms with van der Waals surface area (Å²) in [6.07, 6.45) is 4.15. The molecule has 0 spiro atoms. The number of rotatable bonds is 8. The van der Waals surface area contributed by atoms with Gasteiger partial charge in [0.2, 0.25) is 5.91 Å². The average molecular weight is 440 g/mol. The van der Waals surface area contributed by atoms with Crippen LogP contribution < -0.4 is 5.32 Å². The Bertz CT molecular complexity index is 1080. The highest BCUT2D eigenvalue weighted by molar-refractivity contribution is 5.83. The lowest BCUT2D eigenvalue weighted by Gasteiger charge is -2.41. The lowest BCUT2D eigenvalue weighted by Crippen LogP contribution is -2.50. The predicted octanol–water partition coefficient (Wildman–Crippen LogP) is 5.18. The van der Waals surface area contributed by atoms with Gasteiger partial charge in [-0.2, -0.15) is 0 Å². The maximum atomic E-state index is 13.4. The predicted molar refractivity (Wildman–Crippen MR) is 135 cm³/mol. The van der Waals surface area contributed by atoms with Crippen LogP contribution in [-0.2, 0) is 17.8 Å². The molecule has 4 rings (SSSR count). The number of benzene rings is 2. The van der Waals surface area contributed by atoms with Crippen molar-refractivity contribution in [2.45, 2.75) is 32.7 Å². The largest absolute Gasteiger partial charge is 0.352 e. The highest BCUT2D eigenvalue weighted by Gasteiger charge is 2.41. The first-order chi connectivity index (χ1) is 16.1. The molecule has 2 heterocycles. The minimum atomic E-state index is -0.408. The molecule has 1 aliphatic heterocycles. The van der Waals surface area contributed by atoms with Gasteiger partial charge < -0.3 is 5.32 Å². The summed E-state index contributed by atoms with van der Waals surface area (Å²) in [5, 5.41) is 3.09. The Morgan fingerprint density at radius 3 is 2.48 bits per heavy atom. The standard InChI is InChI=1S/C29H33N3O/c1-3-17-30-28(33)29(15-18-32(19-16-29)22-27-14-7-9-23(2)31-27)21-24-10-8-13-26(20-24)25-11-5-4-6-12-25/h3-14,20H,1,15-19,21-22H2,2H3,(H,30,33). The van der Waals surface area contributed by atoms with Gasteiger partial charge >= 0.3 is 0 Å². The number of piperidine rings is 1. The Hall–Kier alpha value is -3.24. The summed E-state index contributed by atoms with van der Waals surface area (Å²) in [4.78, 5) is 20.4. The number of nitrogens with zero attached hydrogens (tertiary/aromatic N) is 2. The molecule has 33 heavy (non-hydrogen) atoms. The Labute approximate surface area is 197 Å². The van der Waals surface area contributed by atoms with E-state index in [0.29, 0.717) is 6.54 Å². The number of aromatic nitrogens is 1. The van der Waals surface area contributed by atoms with Crippen LogP contribution in [0.4, 0.5) is 0 Å². The van der Waals surface area contributed by atoms with Crippen LogP contribution >= 0.6 is 0 Å². The number of carbonyl (C=O) groups is 1. The molecule has 170 valence electrons. The van der Waals surface area contributed by atoms with Crippen molar-refractivity contribution in [3.8, 4) is 11.1 Å². The van der Waals surface area contributed by atoms with E-state index in [1.54, 1.807) is 6.08 Å². The molecule has 0 saturated carbocycles. The molecule has 1 aromatic heterocycles. The van der Waals surface area contributed by atoms with E-state index in [4.69, 9.17) is 0 Å². The van der Waals surface area contributed by atoms with Crippen molar-refractivity contribution in [2.75, 3.05) is 19.6 Å². The van der Waals surface area contributed by atoms with E-state index in [-0.39, 0.29) is 5.91 Å². The Kier molecular flexibility index (Phi) is 7.36. The van der Waals surface area contributed by atoms with Gasteiger partial charge in [-0.15, -0.1) is 6.58 Å². The third-order valence-corrected chi connectivity index (χ3v) is 6.61. The monoisotopic (exact) mass is 439 g/mol. The SMILES string of the molecule is C=CCNC(=O)C1(Cc2cccc(-c3ccccc3)c2)CCN(Cc2cccc(C)n2)CC1. The van der Waals surface area contributed by atoms with Crippen LogP contribution in [0.5, 0.6) is 0 Å². The Balaban J connectivity index is 1.51. The zero-order valence-electron chi connectivity index (χ0n) is 19.5. The second-order valence-electron chi connectivity index (χ2n) is 9.07. The number of nitrogens with one attached hydrogen (secondary N) is 1. The summed E-state index contributed by atoms with van der Waals surface area (Å²) < 4.78 is 0. The number of amides is 1. The van der Waals surface area contributed by atoms with Crippen molar-refractivity contribution in [1.29, 1.82) is 0 Å². The normalized spacial score (nSPS) is 15.7. The maximum absolute atomic E-state index is 13.4. The molecule has 0 radical (unpaired) electrons. The fourth-order valence-corrected chi connectivity index (χ4v) is 4.77. The van der Waals surface area contributed by atoms with Gasteiger partial charge in [-0.05, 0) is 68.1 Å². The van der Waals surface area contributed by atoms with Crippen LogP contribution in [0.3, 0.4) is 0 Å². The van der Waals surface area contributed by atoms with Crippen LogP contribution in [0.15, 0.2) is 85.5 Å². The molecule has 1 aliphatic rings. The fraction of sp³-hybridized carbons (Fsp3) is 0.310. The molecule has 1 amide bonds. The summed E-state index contributed by atoms with van der Waals surface area (Å²) in [5.74, 6) is 0.140. The highest BCUT2D eigenvalue weighted by Crippen LogP contribution is 2.37. The number of pyridine rings is 1. The third kappa shape index (κ3) is 5.77. The minimum absolute atomic E-state index is 0.140. The van der Waals surface area contributed by atoms with Crippen molar-refractivity contribution < 1.29 is 4.79 Å². The van der Waals surface area contributed by atoms with Crippen molar-refractivity contribution in [1.82, 2.24) is 15.2 Å². The van der Waals surface area contributed by atoms with Crippen LogP contribution in [0.25, 0.3) is 11.1 Å². The summed E-state index contributed by atoms with van der Waals surface area (Å²) >= 11 is 0. The summed E-state index contributed by atoms with van der Waals surface area (Å²) in [6.45, 7) is 8.89. The van der Waals surface area contributed by atoms with Gasteiger partial charge in [0.15, 0.2) is 0 Å². The molecule has 1 N–H and O–H groups in total. The van der Waals surface area contributed by atoms with Gasteiger partial charge in [0, 0.05) is 18.8 Å². The summed E-state index contributed by atoms with van der Waals surface area (Å²) in [7, 11) is 0. The van der Waals surface area contributed by atoms with E-state index in [0.717, 1.165) is 50.3 Å². The van der Waals surface area contributed by atoms with E-state index in [9.17, 15) is 4.79 Å². The van der Waals surface area contributed by atoms with Gasteiger partial charge in [-0.1, -0.05) is 66.7 Å². The van der Waals surface area contributed by atoms with Crippen molar-refractivity contribution in [3.63, 3.8) is 0 Å². The lowest BCUT2D eigenvalue weighted by atomic mass is 9.72. The molecule has 0 atom stereocenters. The quantitative estimate of drug-likeness (QED) is 0.492. The van der Waals surface area contributed by atoms with Crippen molar-refractivity contribution in [3.05, 3.63) is 102 Å². The van der Waals surface area contributed by atoms with Crippen molar-refractivity contribution >= 4 is 5.91 Å². The molecule has 1 saturated heterocycles. The zero-order chi connectivity index (χ0) is 23.1. The number of carbonyl (C=O) groups excluding carboxylic acids is 1. The number of hydrogen-bond donors (Lipinski definition) is 1. The van der Waals surface area contributed by atoms with E-state index >= 15 is 0 Å². The van der Waals surface area contributed by atoms with Gasteiger partial charge in [0.25, 0.3) is 0 Å². The fourth-order valence-electron chi connectivity index (χ4n) is 4.77. The third-order valence-electron chi connectivity index (χ3n) is 6.61. The Morgan fingerprint density at radius 2 is 1.76 bits per heavy atom. The average Bonchev–Trinajstić information content (AvgIpc) is 2.84. The summed E-state index contributed by atoms with van der Waals surface area (Å²) in [6, 6.07) is 25.2. The van der Waals surface area contributed by atoms with E-state index < -0.39 is 5.41 Å². The van der Waals surface area contributed by atoms with Gasteiger partial charge in [0.05, 0.1) is 11.1 Å². The first-order valence-corrected chi connectivity index (χ1v) is 11.8. The second-order valence-corrected chi connectivity index (χ2v) is 9.07. The van der Waals surface area contributed by atoms with Crippen LogP contribution in [0, 0.1) is 12.3 Å². The molecule has 4 nitrogen and oxygen atoms in total. The molecular formula is C29H33N3O. The van der Waals surface area contributed by atoms with Gasteiger partial charge in [0.1, 0.15) is 0 Å². The molecule has 0 unspecified atom stereocenters. The van der Waals surface area contributed by atoms with E-state index in [1.807, 2.05) is 19.1 Å². The number of likely N-dealkylation sites (tertiary alicyclic amines) is 1. The highest BCUT2D eigenvalue weighted by atomic mass is 16.2. The second kappa shape index (κ2) is 10.6. The Morgan fingerprint density at radius 1 is 1.03 bits per heavy atom. The smallest absolute Gasteiger partial charge is 0.226 e. The van der Waals surface area contributed by atoms with Gasteiger partial charge in [-0.3, -0.25) is 14.7 Å². The number of aryl methyl sites for hydroxylation is 1. The van der Waals surface area contributed by atoms with Crippen LogP contribution in [0.1, 0.15) is 29.8 Å².